The number of nitrogens with one attached hydrogen (secondary N) is 1. The number of carboxylic acids is 1. The number of benzene rings is 1. The van der Waals surface area contributed by atoms with Crippen molar-refractivity contribution in [3.63, 3.8) is 0 Å². The highest BCUT2D eigenvalue weighted by molar-refractivity contribution is 5.94. The number of carboxylic acid groups (broad SMARTS) is 1. The first kappa shape index (κ1) is 15.1. The molecule has 0 heterocycles. The molecule has 0 fully saturated rings. The minimum Gasteiger partial charge on any atom is -0.478 e. The molecular formula is C14H18FNO3. The van der Waals surface area contributed by atoms with Gasteiger partial charge in [-0.1, -0.05) is 26.7 Å². The fourth-order valence-electron chi connectivity index (χ4n) is 1.87. The lowest BCUT2D eigenvalue weighted by atomic mass is 10.0. The summed E-state index contributed by atoms with van der Waals surface area (Å²) in [5.74, 6) is -1.88. The summed E-state index contributed by atoms with van der Waals surface area (Å²) < 4.78 is 13.5. The lowest BCUT2D eigenvalue weighted by Gasteiger charge is -2.11. The Balaban J connectivity index is 2.73. The third-order valence-corrected chi connectivity index (χ3v) is 2.80. The van der Waals surface area contributed by atoms with E-state index in [0.29, 0.717) is 6.42 Å². The minimum absolute atomic E-state index is 0.0571. The van der Waals surface area contributed by atoms with Crippen LogP contribution in [0.5, 0.6) is 0 Å². The van der Waals surface area contributed by atoms with Gasteiger partial charge in [-0.15, -0.1) is 0 Å². The van der Waals surface area contributed by atoms with Crippen molar-refractivity contribution in [2.75, 3.05) is 5.32 Å². The summed E-state index contributed by atoms with van der Waals surface area (Å²) in [4.78, 5) is 22.5. The molecule has 0 spiro atoms. The van der Waals surface area contributed by atoms with Crippen molar-refractivity contribution in [2.45, 2.75) is 33.1 Å². The Labute approximate surface area is 111 Å². The lowest BCUT2D eigenvalue weighted by Crippen LogP contribution is -2.16. The molecule has 0 saturated carbocycles. The van der Waals surface area contributed by atoms with Crippen LogP contribution in [0, 0.1) is 11.7 Å². The molecule has 19 heavy (non-hydrogen) atoms. The number of hydrogen-bond donors (Lipinski definition) is 2. The Morgan fingerprint density at radius 1 is 1.42 bits per heavy atom. The zero-order chi connectivity index (χ0) is 14.4. The van der Waals surface area contributed by atoms with Crippen molar-refractivity contribution in [3.8, 4) is 0 Å². The maximum Gasteiger partial charge on any atom is 0.335 e. The van der Waals surface area contributed by atoms with Crippen LogP contribution in [-0.2, 0) is 4.79 Å². The second-order valence-electron chi connectivity index (χ2n) is 4.65. The quantitative estimate of drug-likeness (QED) is 0.831. The first-order valence-corrected chi connectivity index (χ1v) is 6.26. The van der Waals surface area contributed by atoms with Crippen LogP contribution in [0.15, 0.2) is 18.2 Å². The molecule has 0 aliphatic heterocycles. The molecule has 2 N–H and O–H groups in total. The Morgan fingerprint density at radius 3 is 2.68 bits per heavy atom. The highest BCUT2D eigenvalue weighted by atomic mass is 19.1. The minimum atomic E-state index is -1.16. The summed E-state index contributed by atoms with van der Waals surface area (Å²) in [5.41, 5.74) is -0.146. The molecule has 104 valence electrons. The molecule has 1 amide bonds. The molecule has 5 heteroatoms. The predicted molar refractivity (Wildman–Crippen MR) is 70.7 cm³/mol. The molecular weight excluding hydrogens is 249 g/mol. The van der Waals surface area contributed by atoms with Gasteiger partial charge < -0.3 is 10.4 Å². The number of hydrogen-bond acceptors (Lipinski definition) is 2. The fraction of sp³-hybridized carbons (Fsp3) is 0.429. The Hall–Kier alpha value is -1.91. The van der Waals surface area contributed by atoms with Crippen LogP contribution in [0.1, 0.15) is 43.5 Å². The second-order valence-corrected chi connectivity index (χ2v) is 4.65. The van der Waals surface area contributed by atoms with Gasteiger partial charge in [-0.05, 0) is 24.1 Å². The van der Waals surface area contributed by atoms with Crippen LogP contribution in [0.3, 0.4) is 0 Å². The molecule has 1 unspecified atom stereocenters. The van der Waals surface area contributed by atoms with Crippen molar-refractivity contribution in [2.24, 2.45) is 5.92 Å². The fourth-order valence-corrected chi connectivity index (χ4v) is 1.87. The first-order valence-electron chi connectivity index (χ1n) is 6.26. The Bertz CT molecular complexity index is 474. The van der Waals surface area contributed by atoms with Crippen LogP contribution in [0.25, 0.3) is 0 Å². The molecule has 0 bridgehead atoms. The maximum atomic E-state index is 13.5. The molecule has 1 aromatic carbocycles. The van der Waals surface area contributed by atoms with Gasteiger partial charge in [-0.25, -0.2) is 9.18 Å². The van der Waals surface area contributed by atoms with E-state index in [1.807, 2.05) is 13.8 Å². The van der Waals surface area contributed by atoms with Crippen LogP contribution >= 0.6 is 0 Å². The maximum absolute atomic E-state index is 13.5. The van der Waals surface area contributed by atoms with E-state index >= 15 is 0 Å². The standard InChI is InChI=1S/C14H18FNO3/c1-3-4-9(2)7-13(17)16-12-8-10(14(18)19)5-6-11(12)15/h5-6,8-9H,3-4,7H2,1-2H3,(H,16,17)(H,18,19). The zero-order valence-electron chi connectivity index (χ0n) is 11.1. The van der Waals surface area contributed by atoms with Gasteiger partial charge in [0.1, 0.15) is 5.82 Å². The molecule has 0 aromatic heterocycles. The normalized spacial score (nSPS) is 11.9. The van der Waals surface area contributed by atoms with Gasteiger partial charge in [-0.3, -0.25) is 4.79 Å². The number of anilines is 1. The van der Waals surface area contributed by atoms with E-state index in [-0.39, 0.29) is 23.1 Å². The monoisotopic (exact) mass is 267 g/mol. The van der Waals surface area contributed by atoms with Gasteiger partial charge in [0.15, 0.2) is 0 Å². The van der Waals surface area contributed by atoms with Gasteiger partial charge in [0.2, 0.25) is 5.91 Å². The van der Waals surface area contributed by atoms with Gasteiger partial charge in [0, 0.05) is 6.42 Å². The first-order chi connectivity index (χ1) is 8.93. The molecule has 1 rings (SSSR count). The topological polar surface area (TPSA) is 66.4 Å². The predicted octanol–water partition coefficient (Wildman–Crippen LogP) is 3.29. The highest BCUT2D eigenvalue weighted by Gasteiger charge is 2.13. The van der Waals surface area contributed by atoms with Crippen molar-refractivity contribution >= 4 is 17.6 Å². The summed E-state index contributed by atoms with van der Waals surface area (Å²) in [6, 6.07) is 3.32. The van der Waals surface area contributed by atoms with Gasteiger partial charge >= 0.3 is 5.97 Å². The molecule has 0 aliphatic carbocycles. The molecule has 0 aliphatic rings. The Morgan fingerprint density at radius 2 is 2.11 bits per heavy atom. The van der Waals surface area contributed by atoms with Crippen LogP contribution in [-0.4, -0.2) is 17.0 Å². The van der Waals surface area contributed by atoms with E-state index in [2.05, 4.69) is 5.32 Å². The molecule has 1 atom stereocenters. The van der Waals surface area contributed by atoms with E-state index in [0.717, 1.165) is 31.0 Å². The van der Waals surface area contributed by atoms with Crippen molar-refractivity contribution < 1.29 is 19.1 Å². The summed E-state index contributed by atoms with van der Waals surface area (Å²) >= 11 is 0. The molecule has 4 nitrogen and oxygen atoms in total. The smallest absolute Gasteiger partial charge is 0.335 e. The summed E-state index contributed by atoms with van der Waals surface area (Å²) in [6.07, 6.45) is 2.20. The zero-order valence-corrected chi connectivity index (χ0v) is 11.1. The number of rotatable bonds is 6. The van der Waals surface area contributed by atoms with E-state index in [4.69, 9.17) is 5.11 Å². The van der Waals surface area contributed by atoms with Crippen LogP contribution in [0.4, 0.5) is 10.1 Å². The van der Waals surface area contributed by atoms with Crippen LogP contribution < -0.4 is 5.32 Å². The van der Waals surface area contributed by atoms with Gasteiger partial charge in [0.25, 0.3) is 0 Å². The average molecular weight is 267 g/mol. The average Bonchev–Trinajstić information content (AvgIpc) is 2.31. The van der Waals surface area contributed by atoms with Crippen molar-refractivity contribution in [1.29, 1.82) is 0 Å². The largest absolute Gasteiger partial charge is 0.478 e. The SMILES string of the molecule is CCCC(C)CC(=O)Nc1cc(C(=O)O)ccc1F. The van der Waals surface area contributed by atoms with Gasteiger partial charge in [-0.2, -0.15) is 0 Å². The summed E-state index contributed by atoms with van der Waals surface area (Å²) in [5, 5.41) is 11.2. The third-order valence-electron chi connectivity index (χ3n) is 2.80. The van der Waals surface area contributed by atoms with E-state index in [1.165, 1.54) is 0 Å². The number of aromatic carboxylic acids is 1. The van der Waals surface area contributed by atoms with Crippen LogP contribution in [0.2, 0.25) is 0 Å². The van der Waals surface area contributed by atoms with Crippen molar-refractivity contribution in [3.05, 3.63) is 29.6 Å². The number of amides is 1. The number of halogens is 1. The van der Waals surface area contributed by atoms with Crippen molar-refractivity contribution in [1.82, 2.24) is 0 Å². The highest BCUT2D eigenvalue weighted by Crippen LogP contribution is 2.18. The summed E-state index contributed by atoms with van der Waals surface area (Å²) in [7, 11) is 0. The van der Waals surface area contributed by atoms with E-state index < -0.39 is 11.8 Å². The second kappa shape index (κ2) is 6.87. The molecule has 0 radical (unpaired) electrons. The number of carbonyl (C=O) groups is 2. The van der Waals surface area contributed by atoms with E-state index in [1.54, 1.807) is 0 Å². The lowest BCUT2D eigenvalue weighted by molar-refractivity contribution is -0.117. The Kier molecular flexibility index (Phi) is 5.48. The molecule has 0 saturated heterocycles. The third kappa shape index (κ3) is 4.69. The summed E-state index contributed by atoms with van der Waals surface area (Å²) in [6.45, 7) is 3.98. The number of carbonyl (C=O) groups excluding carboxylic acids is 1. The van der Waals surface area contributed by atoms with E-state index in [9.17, 15) is 14.0 Å². The van der Waals surface area contributed by atoms with Gasteiger partial charge in [0.05, 0.1) is 11.3 Å². The molecule has 1 aromatic rings.